The highest BCUT2D eigenvalue weighted by atomic mass is 16.6. The summed E-state index contributed by atoms with van der Waals surface area (Å²) < 4.78 is 5.48. The van der Waals surface area contributed by atoms with Crippen molar-refractivity contribution in [3.63, 3.8) is 0 Å². The number of unbranched alkanes of at least 4 members (excludes halogenated alkanes) is 6. The van der Waals surface area contributed by atoms with Gasteiger partial charge in [0.15, 0.2) is 5.78 Å². The lowest BCUT2D eigenvalue weighted by Crippen LogP contribution is -2.52. The van der Waals surface area contributed by atoms with Crippen LogP contribution in [0.1, 0.15) is 58.3 Å². The maximum atomic E-state index is 12.2. The third-order valence-electron chi connectivity index (χ3n) is 5.20. The highest BCUT2D eigenvalue weighted by molar-refractivity contribution is 6.16. The lowest BCUT2D eigenvalue weighted by atomic mass is 9.91. The van der Waals surface area contributed by atoms with Gasteiger partial charge in [-0.15, -0.1) is 0 Å². The molecule has 2 fully saturated rings. The van der Waals surface area contributed by atoms with Gasteiger partial charge in [-0.3, -0.25) is 9.59 Å². The fourth-order valence-electron chi connectivity index (χ4n) is 3.36. The molecular formula is C19H31NO6. The van der Waals surface area contributed by atoms with Gasteiger partial charge in [0.05, 0.1) is 18.8 Å². The van der Waals surface area contributed by atoms with Gasteiger partial charge in [-0.1, -0.05) is 51.9 Å². The molecule has 1 amide bonds. The highest BCUT2D eigenvalue weighted by Gasteiger charge is 2.58. The molecule has 148 valence electrons. The zero-order chi connectivity index (χ0) is 19.2. The van der Waals surface area contributed by atoms with Crippen LogP contribution >= 0.6 is 0 Å². The minimum Gasteiger partial charge on any atom is -0.394 e. The van der Waals surface area contributed by atoms with Crippen LogP contribution in [0.4, 0.5) is 0 Å². The number of ether oxygens (including phenoxy) is 1. The van der Waals surface area contributed by atoms with Crippen molar-refractivity contribution in [1.29, 1.82) is 0 Å². The van der Waals surface area contributed by atoms with Crippen LogP contribution < -0.4 is 5.32 Å². The number of hydrogen-bond acceptors (Lipinski definition) is 6. The van der Waals surface area contributed by atoms with Crippen molar-refractivity contribution >= 4 is 11.7 Å². The van der Waals surface area contributed by atoms with Crippen molar-refractivity contribution < 1.29 is 29.6 Å². The molecule has 0 spiro atoms. The van der Waals surface area contributed by atoms with E-state index in [4.69, 9.17) is 9.84 Å². The van der Waals surface area contributed by atoms with Gasteiger partial charge in [0.2, 0.25) is 5.60 Å². The molecule has 0 radical (unpaired) electrons. The predicted molar refractivity (Wildman–Crippen MR) is 95.4 cm³/mol. The number of epoxide rings is 1. The Morgan fingerprint density at radius 3 is 2.50 bits per heavy atom. The van der Waals surface area contributed by atoms with Gasteiger partial charge in [0.25, 0.3) is 5.91 Å². The lowest BCUT2D eigenvalue weighted by Gasteiger charge is -2.21. The Morgan fingerprint density at radius 2 is 1.88 bits per heavy atom. The molecule has 4 N–H and O–H groups in total. The summed E-state index contributed by atoms with van der Waals surface area (Å²) in [6.07, 6.45) is 10.4. The van der Waals surface area contributed by atoms with Gasteiger partial charge >= 0.3 is 0 Å². The van der Waals surface area contributed by atoms with Crippen LogP contribution in [0.25, 0.3) is 0 Å². The van der Waals surface area contributed by atoms with E-state index in [0.717, 1.165) is 18.9 Å². The smallest absolute Gasteiger partial charge is 0.263 e. The van der Waals surface area contributed by atoms with E-state index >= 15 is 0 Å². The van der Waals surface area contributed by atoms with E-state index in [9.17, 15) is 19.8 Å². The summed E-state index contributed by atoms with van der Waals surface area (Å²) >= 11 is 0. The lowest BCUT2D eigenvalue weighted by molar-refractivity contribution is -0.154. The molecule has 0 bridgehead atoms. The number of nitrogens with one attached hydrogen (secondary N) is 1. The number of aliphatic hydroxyl groups is 3. The summed E-state index contributed by atoms with van der Waals surface area (Å²) in [5, 5.41) is 31.4. The molecule has 0 unspecified atom stereocenters. The first-order chi connectivity index (χ1) is 12.4. The minimum absolute atomic E-state index is 0.0804. The number of rotatable bonds is 12. The molecule has 0 aromatic carbocycles. The Hall–Kier alpha value is -1.28. The van der Waals surface area contributed by atoms with E-state index in [0.29, 0.717) is 0 Å². The van der Waals surface area contributed by atoms with Crippen molar-refractivity contribution in [2.75, 3.05) is 6.61 Å². The number of amides is 1. The van der Waals surface area contributed by atoms with E-state index in [1.165, 1.54) is 44.6 Å². The summed E-state index contributed by atoms with van der Waals surface area (Å²) in [6.45, 7) is 1.64. The van der Waals surface area contributed by atoms with Crippen molar-refractivity contribution in [2.45, 2.75) is 88.2 Å². The number of carbonyl (C=O) groups is 2. The average Bonchev–Trinajstić information content (AvgIpc) is 3.35. The molecule has 7 heteroatoms. The maximum absolute atomic E-state index is 12.2. The third kappa shape index (κ3) is 4.91. The van der Waals surface area contributed by atoms with E-state index in [1.807, 2.05) is 0 Å². The number of aliphatic hydroxyl groups excluding tert-OH is 2. The molecule has 0 saturated carbocycles. The van der Waals surface area contributed by atoms with Gasteiger partial charge in [-0.25, -0.2) is 0 Å². The van der Waals surface area contributed by atoms with Crippen LogP contribution in [0, 0.1) is 0 Å². The first-order valence-corrected chi connectivity index (χ1v) is 9.65. The molecule has 2 saturated heterocycles. The molecule has 2 rings (SSSR count). The largest absolute Gasteiger partial charge is 0.394 e. The summed E-state index contributed by atoms with van der Waals surface area (Å²) in [6, 6.07) is -1.05. The standard InChI is InChI=1S/C19H31NO6/c1-2-3-4-5-6-7-8-9-14-15(26-14)10-11-16(22)19(25)17(23)13(12-21)20-18(19)24/h10-11,13-15,17,21,23,25H,2-9,12H2,1H3,(H,20,24)/b11-10+/t13-,14+,15+,17-,19+/m1/s1. The van der Waals surface area contributed by atoms with Gasteiger partial charge in [0, 0.05) is 0 Å². The molecule has 26 heavy (non-hydrogen) atoms. The van der Waals surface area contributed by atoms with Crippen molar-refractivity contribution in [3.05, 3.63) is 12.2 Å². The molecule has 2 aliphatic heterocycles. The van der Waals surface area contributed by atoms with E-state index in [2.05, 4.69) is 12.2 Å². The number of ketones is 1. The van der Waals surface area contributed by atoms with Crippen LogP contribution in [0.15, 0.2) is 12.2 Å². The van der Waals surface area contributed by atoms with E-state index < -0.39 is 36.0 Å². The maximum Gasteiger partial charge on any atom is 0.263 e. The van der Waals surface area contributed by atoms with E-state index in [-0.39, 0.29) is 12.2 Å². The van der Waals surface area contributed by atoms with Crippen molar-refractivity contribution in [2.24, 2.45) is 0 Å². The second-order valence-corrected chi connectivity index (χ2v) is 7.25. The Balaban J connectivity index is 1.69. The first kappa shape index (κ1) is 21.0. The molecule has 5 atom stereocenters. The molecule has 7 nitrogen and oxygen atoms in total. The second kappa shape index (κ2) is 9.60. The number of hydrogen-bond donors (Lipinski definition) is 4. The van der Waals surface area contributed by atoms with E-state index in [1.54, 1.807) is 0 Å². The fraction of sp³-hybridized carbons (Fsp3) is 0.789. The zero-order valence-corrected chi connectivity index (χ0v) is 15.4. The summed E-state index contributed by atoms with van der Waals surface area (Å²) in [7, 11) is 0. The Labute approximate surface area is 154 Å². The predicted octanol–water partition coefficient (Wildman–Crippen LogP) is 0.602. The van der Waals surface area contributed by atoms with Crippen LogP contribution in [0.3, 0.4) is 0 Å². The molecule has 2 heterocycles. The molecule has 0 aromatic rings. The Morgan fingerprint density at radius 1 is 1.23 bits per heavy atom. The number of carbonyl (C=O) groups excluding carboxylic acids is 2. The topological polar surface area (TPSA) is 119 Å². The summed E-state index contributed by atoms with van der Waals surface area (Å²) in [4.78, 5) is 24.0. The highest BCUT2D eigenvalue weighted by Crippen LogP contribution is 2.30. The molecule has 0 aliphatic carbocycles. The quantitative estimate of drug-likeness (QED) is 0.173. The normalized spacial score (nSPS) is 33.6. The van der Waals surface area contributed by atoms with Crippen LogP contribution in [-0.2, 0) is 14.3 Å². The Bertz CT molecular complexity index is 522. The second-order valence-electron chi connectivity index (χ2n) is 7.25. The average molecular weight is 369 g/mol. The van der Waals surface area contributed by atoms with Crippen molar-refractivity contribution in [1.82, 2.24) is 5.32 Å². The first-order valence-electron chi connectivity index (χ1n) is 9.65. The summed E-state index contributed by atoms with van der Waals surface area (Å²) in [5.74, 6) is -1.89. The fourth-order valence-corrected chi connectivity index (χ4v) is 3.36. The Kier molecular flexibility index (Phi) is 7.76. The monoisotopic (exact) mass is 369 g/mol. The van der Waals surface area contributed by atoms with Gasteiger partial charge in [0.1, 0.15) is 12.2 Å². The SMILES string of the molecule is CCCCCCCCC[C@@H]1O[C@H]1/C=C/C(=O)[C@@]1(O)C(=O)N[C@H](CO)[C@H]1O. The summed E-state index contributed by atoms with van der Waals surface area (Å²) in [5.41, 5.74) is -2.55. The van der Waals surface area contributed by atoms with Gasteiger partial charge in [-0.05, 0) is 18.6 Å². The molecule has 0 aromatic heterocycles. The van der Waals surface area contributed by atoms with Crippen molar-refractivity contribution in [3.8, 4) is 0 Å². The minimum atomic E-state index is -2.55. The van der Waals surface area contributed by atoms with Crippen LogP contribution in [0.5, 0.6) is 0 Å². The zero-order valence-electron chi connectivity index (χ0n) is 15.4. The molecular weight excluding hydrogens is 338 g/mol. The third-order valence-corrected chi connectivity index (χ3v) is 5.20. The van der Waals surface area contributed by atoms with Crippen LogP contribution in [-0.4, -0.2) is 63.6 Å². The van der Waals surface area contributed by atoms with Gasteiger partial charge < -0.3 is 25.4 Å². The van der Waals surface area contributed by atoms with Gasteiger partial charge in [-0.2, -0.15) is 0 Å². The molecule has 2 aliphatic rings. The van der Waals surface area contributed by atoms with Crippen LogP contribution in [0.2, 0.25) is 0 Å².